The first kappa shape index (κ1) is 10.3. The molecule has 0 heterocycles. The third kappa shape index (κ3) is 9.01. The molecule has 0 aliphatic rings. The Morgan fingerprint density at radius 2 is 2.00 bits per heavy atom. The van der Waals surface area contributed by atoms with Crippen molar-refractivity contribution in [1.82, 2.24) is 0 Å². The monoisotopic (exact) mass is 210 g/mol. The molecule has 0 aromatic rings. The molecule has 0 bridgehead atoms. The zero-order chi connectivity index (χ0) is 4.28. The van der Waals surface area contributed by atoms with Gasteiger partial charge in [-0.3, -0.25) is 0 Å². The predicted molar refractivity (Wildman–Crippen MR) is 22.2 cm³/mol. The van der Waals surface area contributed by atoms with Crippen molar-refractivity contribution in [2.75, 3.05) is 7.11 Å². The van der Waals surface area contributed by atoms with E-state index >= 15 is 0 Å². The molecule has 0 unspecified atom stereocenters. The molecule has 0 saturated carbocycles. The molecule has 0 rings (SSSR count). The van der Waals surface area contributed by atoms with E-state index in [1.54, 1.807) is 0 Å². The van der Waals surface area contributed by atoms with Crippen molar-refractivity contribution in [1.29, 1.82) is 0 Å². The zero-order valence-electron chi connectivity index (χ0n) is 2.76. The van der Waals surface area contributed by atoms with Gasteiger partial charge in [0.15, 0.2) is 0 Å². The number of methoxy groups -OCH3 is 1. The zero-order valence-corrected chi connectivity index (χ0v) is 2.76. The minimum atomic E-state index is -1.25. The second kappa shape index (κ2) is 6.32. The van der Waals surface area contributed by atoms with Crippen molar-refractivity contribution in [2.24, 2.45) is 0 Å². The molecule has 32 valence electrons. The van der Waals surface area contributed by atoms with Crippen molar-refractivity contribution in [3.63, 3.8) is 0 Å². The fraction of sp³-hybridized carbons (Fsp3) is 0.500. The van der Waals surface area contributed by atoms with Gasteiger partial charge < -0.3 is 9.84 Å². The Balaban J connectivity index is 0. The van der Waals surface area contributed by atoms with Crippen LogP contribution in [0.1, 0.15) is 0 Å². The standard InChI is InChI=1S/C2H4O3.Cs.H/c1-5-2(3)4;;/h1H3,(H,3,4);;. The van der Waals surface area contributed by atoms with Crippen LogP contribution in [0.3, 0.4) is 0 Å². The van der Waals surface area contributed by atoms with Gasteiger partial charge in [-0.05, 0) is 0 Å². The quantitative estimate of drug-likeness (QED) is 0.556. The number of hydrogen-bond acceptors (Lipinski definition) is 2. The average molecular weight is 210 g/mol. The molecule has 0 fully saturated rings. The summed E-state index contributed by atoms with van der Waals surface area (Å²) in [6.45, 7) is 0. The van der Waals surface area contributed by atoms with Gasteiger partial charge in [0.1, 0.15) is 0 Å². The molecule has 0 aromatic carbocycles. The van der Waals surface area contributed by atoms with E-state index in [2.05, 4.69) is 4.74 Å². The van der Waals surface area contributed by atoms with Gasteiger partial charge in [-0.15, -0.1) is 0 Å². The second-order valence-electron chi connectivity index (χ2n) is 0.470. The first-order valence-corrected chi connectivity index (χ1v) is 1.04. The maximum atomic E-state index is 9.15. The molecule has 0 saturated heterocycles. The van der Waals surface area contributed by atoms with Gasteiger partial charge >= 0.3 is 75.0 Å². The maximum absolute atomic E-state index is 9.15. The van der Waals surface area contributed by atoms with Gasteiger partial charge in [0.2, 0.25) is 0 Å². The number of hydrogen-bond donors (Lipinski definition) is 1. The summed E-state index contributed by atoms with van der Waals surface area (Å²) < 4.78 is 3.67. The summed E-state index contributed by atoms with van der Waals surface area (Å²) in [5.41, 5.74) is 0. The summed E-state index contributed by atoms with van der Waals surface area (Å²) in [5.74, 6) is 0. The third-order valence-corrected chi connectivity index (χ3v) is 0.175. The van der Waals surface area contributed by atoms with E-state index in [-0.39, 0.29) is 68.9 Å². The van der Waals surface area contributed by atoms with E-state index in [4.69, 9.17) is 9.90 Å². The van der Waals surface area contributed by atoms with Crippen molar-refractivity contribution in [3.05, 3.63) is 0 Å². The van der Waals surface area contributed by atoms with E-state index < -0.39 is 6.16 Å². The Morgan fingerprint density at radius 3 is 2.00 bits per heavy atom. The second-order valence-corrected chi connectivity index (χ2v) is 0.470. The van der Waals surface area contributed by atoms with Crippen LogP contribution < -0.4 is 0 Å². The molecule has 0 spiro atoms. The Kier molecular flexibility index (Phi) is 10.9. The van der Waals surface area contributed by atoms with Crippen LogP contribution in [-0.2, 0) is 4.74 Å². The molecule has 0 aliphatic heterocycles. The average Bonchev–Trinajstić information content (AvgIpc) is 1.38. The number of rotatable bonds is 0. The first-order chi connectivity index (χ1) is 2.27. The third-order valence-electron chi connectivity index (χ3n) is 0.175. The summed E-state index contributed by atoms with van der Waals surface area (Å²) in [6.07, 6.45) is -1.25. The van der Waals surface area contributed by atoms with E-state index in [0.29, 0.717) is 0 Å². The summed E-state index contributed by atoms with van der Waals surface area (Å²) in [5, 5.41) is 7.50. The number of carboxylic acid groups (broad SMARTS) is 1. The van der Waals surface area contributed by atoms with Crippen molar-refractivity contribution < 1.29 is 14.6 Å². The van der Waals surface area contributed by atoms with Crippen LogP contribution in [0, 0.1) is 0 Å². The van der Waals surface area contributed by atoms with Gasteiger partial charge in [0.05, 0.1) is 7.11 Å². The van der Waals surface area contributed by atoms with Gasteiger partial charge in [0.25, 0.3) is 0 Å². The first-order valence-electron chi connectivity index (χ1n) is 1.04. The Bertz CT molecular complexity index is 44.1. The summed E-state index contributed by atoms with van der Waals surface area (Å²) in [6, 6.07) is 0. The summed E-state index contributed by atoms with van der Waals surface area (Å²) in [4.78, 5) is 9.15. The molecule has 0 aliphatic carbocycles. The van der Waals surface area contributed by atoms with E-state index in [9.17, 15) is 0 Å². The Morgan fingerprint density at radius 1 is 1.83 bits per heavy atom. The fourth-order valence-electron chi connectivity index (χ4n) is 0. The van der Waals surface area contributed by atoms with Crippen LogP contribution in [0.5, 0.6) is 0 Å². The SMILES string of the molecule is COC(=O)O.[CsH]. The van der Waals surface area contributed by atoms with E-state index in [1.807, 2.05) is 0 Å². The molecule has 1 N–H and O–H groups in total. The summed E-state index contributed by atoms with van der Waals surface area (Å²) in [7, 11) is 1.10. The molecular formula is C2H5CsO3. The van der Waals surface area contributed by atoms with Crippen molar-refractivity contribution >= 4 is 75.0 Å². The van der Waals surface area contributed by atoms with Crippen LogP contribution in [0.4, 0.5) is 4.79 Å². The van der Waals surface area contributed by atoms with Crippen LogP contribution >= 0.6 is 0 Å². The van der Waals surface area contributed by atoms with Crippen LogP contribution in [-0.4, -0.2) is 87.3 Å². The van der Waals surface area contributed by atoms with Crippen molar-refractivity contribution in [2.45, 2.75) is 0 Å². The minimum absolute atomic E-state index is 0. The Labute approximate surface area is 94.5 Å². The van der Waals surface area contributed by atoms with Gasteiger partial charge in [0, 0.05) is 0 Å². The van der Waals surface area contributed by atoms with Crippen LogP contribution in [0.25, 0.3) is 0 Å². The van der Waals surface area contributed by atoms with Crippen molar-refractivity contribution in [3.8, 4) is 0 Å². The van der Waals surface area contributed by atoms with Gasteiger partial charge in [-0.1, -0.05) is 0 Å². The number of carbonyl (C=O) groups is 1. The van der Waals surface area contributed by atoms with E-state index in [0.717, 1.165) is 7.11 Å². The van der Waals surface area contributed by atoms with Crippen LogP contribution in [0.15, 0.2) is 0 Å². The Hall–Kier alpha value is 1.32. The molecular weight excluding hydrogens is 205 g/mol. The molecule has 4 heteroatoms. The number of ether oxygens (including phenoxy) is 1. The molecule has 0 atom stereocenters. The van der Waals surface area contributed by atoms with Gasteiger partial charge in [-0.2, -0.15) is 0 Å². The normalized spacial score (nSPS) is 5.50. The molecule has 0 radical (unpaired) electrons. The van der Waals surface area contributed by atoms with E-state index in [1.165, 1.54) is 0 Å². The topological polar surface area (TPSA) is 46.5 Å². The van der Waals surface area contributed by atoms with Gasteiger partial charge in [-0.25, -0.2) is 4.79 Å². The fourth-order valence-corrected chi connectivity index (χ4v) is 0. The summed E-state index contributed by atoms with van der Waals surface area (Å²) >= 11 is 0. The molecule has 3 nitrogen and oxygen atoms in total. The predicted octanol–water partition coefficient (Wildman–Crippen LogP) is -0.338. The molecule has 0 amide bonds. The molecule has 6 heavy (non-hydrogen) atoms. The van der Waals surface area contributed by atoms with Crippen LogP contribution in [0.2, 0.25) is 0 Å². The molecule has 0 aromatic heterocycles.